The van der Waals surface area contributed by atoms with Crippen LogP contribution in [0.5, 0.6) is 0 Å². The molecule has 3 rings (SSSR count). The first-order chi connectivity index (χ1) is 15.1. The number of carbonyl (C=O) groups is 3. The summed E-state index contributed by atoms with van der Waals surface area (Å²) in [6.45, 7) is 4.16. The summed E-state index contributed by atoms with van der Waals surface area (Å²) in [5.74, 6) is -1.03. The SMILES string of the molecule is O=C(CN(C(=O)CNCCN1CCCC1)C(=O)CNC1CC1)NCCc1ccccc1. The molecule has 1 aromatic carbocycles. The van der Waals surface area contributed by atoms with Gasteiger partial charge in [0.2, 0.25) is 17.7 Å². The molecule has 0 unspecified atom stereocenters. The van der Waals surface area contributed by atoms with Gasteiger partial charge in [-0.05, 0) is 50.8 Å². The molecule has 0 bridgehead atoms. The Morgan fingerprint density at radius 2 is 1.68 bits per heavy atom. The number of hydrogen-bond acceptors (Lipinski definition) is 6. The van der Waals surface area contributed by atoms with Gasteiger partial charge in [-0.3, -0.25) is 19.3 Å². The van der Waals surface area contributed by atoms with Gasteiger partial charge < -0.3 is 20.9 Å². The second-order valence-electron chi connectivity index (χ2n) is 8.34. The van der Waals surface area contributed by atoms with Crippen LogP contribution in [0.2, 0.25) is 0 Å². The van der Waals surface area contributed by atoms with Crippen LogP contribution in [-0.2, 0) is 20.8 Å². The van der Waals surface area contributed by atoms with Crippen LogP contribution in [-0.4, -0.2) is 85.9 Å². The second-order valence-corrected chi connectivity index (χ2v) is 8.34. The number of benzene rings is 1. The Labute approximate surface area is 184 Å². The average Bonchev–Trinajstić information content (AvgIpc) is 3.47. The Balaban J connectivity index is 1.42. The molecule has 8 heteroatoms. The van der Waals surface area contributed by atoms with Crippen molar-refractivity contribution in [3.8, 4) is 0 Å². The maximum atomic E-state index is 12.7. The van der Waals surface area contributed by atoms with Gasteiger partial charge in [-0.15, -0.1) is 0 Å². The number of imide groups is 1. The first-order valence-electron chi connectivity index (χ1n) is 11.4. The third-order valence-corrected chi connectivity index (χ3v) is 5.68. The van der Waals surface area contributed by atoms with Gasteiger partial charge in [-0.25, -0.2) is 0 Å². The van der Waals surface area contributed by atoms with Crippen molar-refractivity contribution in [2.45, 2.75) is 38.1 Å². The van der Waals surface area contributed by atoms with E-state index in [1.165, 1.54) is 12.8 Å². The van der Waals surface area contributed by atoms with Gasteiger partial charge in [0.1, 0.15) is 6.54 Å². The van der Waals surface area contributed by atoms with Crippen molar-refractivity contribution in [3.63, 3.8) is 0 Å². The van der Waals surface area contributed by atoms with Crippen LogP contribution >= 0.6 is 0 Å². The van der Waals surface area contributed by atoms with Gasteiger partial charge in [0.15, 0.2) is 0 Å². The Morgan fingerprint density at radius 1 is 0.968 bits per heavy atom. The normalized spacial score (nSPS) is 16.3. The maximum absolute atomic E-state index is 12.7. The zero-order valence-electron chi connectivity index (χ0n) is 18.3. The topological polar surface area (TPSA) is 93.8 Å². The van der Waals surface area contributed by atoms with Gasteiger partial charge >= 0.3 is 0 Å². The number of hydrogen-bond donors (Lipinski definition) is 3. The lowest BCUT2D eigenvalue weighted by molar-refractivity contribution is -0.147. The van der Waals surface area contributed by atoms with Gasteiger partial charge in [0, 0.05) is 25.7 Å². The maximum Gasteiger partial charge on any atom is 0.243 e. The molecule has 2 aliphatic rings. The molecule has 31 heavy (non-hydrogen) atoms. The van der Waals surface area contributed by atoms with Crippen molar-refractivity contribution in [1.29, 1.82) is 0 Å². The molecule has 1 saturated heterocycles. The Bertz CT molecular complexity index is 717. The van der Waals surface area contributed by atoms with E-state index in [1.807, 2.05) is 30.3 Å². The smallest absolute Gasteiger partial charge is 0.243 e. The summed E-state index contributed by atoms with van der Waals surface area (Å²) in [6.07, 6.45) is 5.28. The van der Waals surface area contributed by atoms with Gasteiger partial charge in [0.05, 0.1) is 13.1 Å². The van der Waals surface area contributed by atoms with E-state index in [0.717, 1.165) is 42.9 Å². The molecule has 170 valence electrons. The van der Waals surface area contributed by atoms with E-state index in [1.54, 1.807) is 0 Å². The van der Waals surface area contributed by atoms with Crippen LogP contribution < -0.4 is 16.0 Å². The first-order valence-corrected chi connectivity index (χ1v) is 11.4. The molecule has 0 aromatic heterocycles. The van der Waals surface area contributed by atoms with Crippen molar-refractivity contribution in [2.24, 2.45) is 0 Å². The Hall–Kier alpha value is -2.29. The van der Waals surface area contributed by atoms with Crippen LogP contribution in [0.15, 0.2) is 30.3 Å². The number of carbonyl (C=O) groups excluding carboxylic acids is 3. The quantitative estimate of drug-likeness (QED) is 0.386. The Kier molecular flexibility index (Phi) is 9.45. The lowest BCUT2D eigenvalue weighted by Gasteiger charge is -2.21. The molecule has 3 amide bonds. The van der Waals surface area contributed by atoms with E-state index in [9.17, 15) is 14.4 Å². The minimum absolute atomic E-state index is 0.0559. The molecule has 0 atom stereocenters. The van der Waals surface area contributed by atoms with E-state index in [0.29, 0.717) is 25.6 Å². The highest BCUT2D eigenvalue weighted by atomic mass is 16.2. The molecule has 1 saturated carbocycles. The molecule has 2 fully saturated rings. The van der Waals surface area contributed by atoms with E-state index < -0.39 is 0 Å². The summed E-state index contributed by atoms with van der Waals surface area (Å²) >= 11 is 0. The number of likely N-dealkylation sites (tertiary alicyclic amines) is 1. The second kappa shape index (κ2) is 12.5. The fourth-order valence-electron chi connectivity index (χ4n) is 3.65. The first kappa shape index (κ1) is 23.4. The highest BCUT2D eigenvalue weighted by Crippen LogP contribution is 2.18. The minimum atomic E-state index is -0.359. The molecule has 0 spiro atoms. The van der Waals surface area contributed by atoms with E-state index in [2.05, 4.69) is 20.9 Å². The molecular formula is C23H35N5O3. The monoisotopic (exact) mass is 429 g/mol. The van der Waals surface area contributed by atoms with Crippen LogP contribution in [0.3, 0.4) is 0 Å². The summed E-state index contributed by atoms with van der Waals surface area (Å²) < 4.78 is 0. The molecular weight excluding hydrogens is 394 g/mol. The Morgan fingerprint density at radius 3 is 2.39 bits per heavy atom. The number of amides is 3. The zero-order chi connectivity index (χ0) is 21.9. The predicted molar refractivity (Wildman–Crippen MR) is 119 cm³/mol. The van der Waals surface area contributed by atoms with Gasteiger partial charge in [-0.1, -0.05) is 30.3 Å². The highest BCUT2D eigenvalue weighted by Gasteiger charge is 2.27. The molecule has 1 heterocycles. The fourth-order valence-corrected chi connectivity index (χ4v) is 3.65. The number of rotatable bonds is 13. The van der Waals surface area contributed by atoms with Crippen LogP contribution in [0.4, 0.5) is 0 Å². The van der Waals surface area contributed by atoms with E-state index >= 15 is 0 Å². The summed E-state index contributed by atoms with van der Waals surface area (Å²) in [7, 11) is 0. The molecule has 0 radical (unpaired) electrons. The van der Waals surface area contributed by atoms with E-state index in [4.69, 9.17) is 0 Å². The molecule has 8 nitrogen and oxygen atoms in total. The predicted octanol–water partition coefficient (Wildman–Crippen LogP) is 0.138. The number of nitrogens with one attached hydrogen (secondary N) is 3. The van der Waals surface area contributed by atoms with Crippen molar-refractivity contribution < 1.29 is 14.4 Å². The molecule has 3 N–H and O–H groups in total. The summed E-state index contributed by atoms with van der Waals surface area (Å²) in [5, 5.41) is 9.08. The summed E-state index contributed by atoms with van der Waals surface area (Å²) in [6, 6.07) is 10.2. The fraction of sp³-hybridized carbons (Fsp3) is 0.609. The van der Waals surface area contributed by atoms with Crippen LogP contribution in [0.1, 0.15) is 31.2 Å². The third kappa shape index (κ3) is 8.77. The van der Waals surface area contributed by atoms with Crippen molar-refractivity contribution in [3.05, 3.63) is 35.9 Å². The van der Waals surface area contributed by atoms with Gasteiger partial charge in [-0.2, -0.15) is 0 Å². The standard InChI is InChI=1S/C23H35N5O3/c29-21(25-11-10-19-6-2-1-3-7-19)18-28(23(31)17-26-20-8-9-20)22(30)16-24-12-15-27-13-4-5-14-27/h1-3,6-7,20,24,26H,4-5,8-18H2,(H,25,29). The number of nitrogens with zero attached hydrogens (tertiary/aromatic N) is 2. The lowest BCUT2D eigenvalue weighted by Crippen LogP contribution is -2.50. The largest absolute Gasteiger partial charge is 0.354 e. The molecule has 1 aliphatic heterocycles. The molecule has 1 aromatic rings. The third-order valence-electron chi connectivity index (χ3n) is 5.68. The minimum Gasteiger partial charge on any atom is -0.354 e. The van der Waals surface area contributed by atoms with Crippen LogP contribution in [0.25, 0.3) is 0 Å². The van der Waals surface area contributed by atoms with Crippen LogP contribution in [0, 0.1) is 0 Å². The van der Waals surface area contributed by atoms with Gasteiger partial charge in [0.25, 0.3) is 0 Å². The summed E-state index contributed by atoms with van der Waals surface area (Å²) in [5.41, 5.74) is 1.13. The zero-order valence-corrected chi connectivity index (χ0v) is 18.3. The summed E-state index contributed by atoms with van der Waals surface area (Å²) in [4.78, 5) is 41.2. The average molecular weight is 430 g/mol. The van der Waals surface area contributed by atoms with Crippen molar-refractivity contribution in [2.75, 3.05) is 52.4 Å². The molecule has 1 aliphatic carbocycles. The van der Waals surface area contributed by atoms with E-state index in [-0.39, 0.29) is 37.4 Å². The van der Waals surface area contributed by atoms with Crippen molar-refractivity contribution in [1.82, 2.24) is 25.8 Å². The lowest BCUT2D eigenvalue weighted by atomic mass is 10.1. The van der Waals surface area contributed by atoms with Crippen molar-refractivity contribution >= 4 is 17.7 Å². The highest BCUT2D eigenvalue weighted by molar-refractivity contribution is 6.00.